The van der Waals surface area contributed by atoms with Gasteiger partial charge >= 0.3 is 0 Å². The van der Waals surface area contributed by atoms with Crippen molar-refractivity contribution in [1.29, 1.82) is 0 Å². The minimum absolute atomic E-state index is 0.0301. The molecule has 1 atom stereocenters. The zero-order valence-electron chi connectivity index (χ0n) is 13.5. The van der Waals surface area contributed by atoms with E-state index in [0.29, 0.717) is 13.0 Å². The van der Waals surface area contributed by atoms with Crippen LogP contribution in [0.25, 0.3) is 0 Å². The van der Waals surface area contributed by atoms with Crippen LogP contribution in [-0.4, -0.2) is 41.0 Å². The van der Waals surface area contributed by atoms with Gasteiger partial charge in [0.2, 0.25) is 5.91 Å². The molecule has 0 saturated heterocycles. The molecule has 1 amide bonds. The Kier molecular flexibility index (Phi) is 6.84. The van der Waals surface area contributed by atoms with E-state index in [9.17, 15) is 9.90 Å². The number of carbonyl (C=O) groups is 1. The highest BCUT2D eigenvalue weighted by molar-refractivity contribution is 5.83. The highest BCUT2D eigenvalue weighted by Crippen LogP contribution is 2.29. The number of amides is 1. The van der Waals surface area contributed by atoms with E-state index >= 15 is 0 Å². The average molecular weight is 296 g/mol. The Balaban J connectivity index is 2.70. The molecule has 1 unspecified atom stereocenters. The molecule has 0 aliphatic carbocycles. The van der Waals surface area contributed by atoms with Crippen molar-refractivity contribution in [3.05, 3.63) is 18.0 Å². The first-order valence-corrected chi connectivity index (χ1v) is 7.56. The highest BCUT2D eigenvalue weighted by atomic mass is 16.3. The fraction of sp³-hybridized carbons (Fsp3) is 0.733. The molecule has 120 valence electrons. The van der Waals surface area contributed by atoms with Gasteiger partial charge in [0.25, 0.3) is 0 Å². The van der Waals surface area contributed by atoms with Crippen LogP contribution in [0.1, 0.15) is 44.7 Å². The maximum absolute atomic E-state index is 12.4. The number of hydrogen-bond donors (Lipinski definition) is 3. The number of aromatic nitrogens is 2. The number of carbonyl (C=O) groups excluding carboxylic acids is 1. The van der Waals surface area contributed by atoms with E-state index < -0.39 is 6.04 Å². The summed E-state index contributed by atoms with van der Waals surface area (Å²) in [6, 6.07) is -0.403. The van der Waals surface area contributed by atoms with Gasteiger partial charge < -0.3 is 15.7 Å². The molecule has 0 aromatic carbocycles. The number of hydrogen-bond acceptors (Lipinski definition) is 4. The van der Waals surface area contributed by atoms with Crippen molar-refractivity contribution < 1.29 is 9.90 Å². The molecule has 0 aliphatic rings. The molecule has 3 N–H and O–H groups in total. The van der Waals surface area contributed by atoms with Crippen molar-refractivity contribution in [2.75, 3.05) is 20.2 Å². The van der Waals surface area contributed by atoms with Gasteiger partial charge in [0.05, 0.1) is 6.20 Å². The molecule has 6 heteroatoms. The fourth-order valence-electron chi connectivity index (χ4n) is 2.59. The third kappa shape index (κ3) is 4.54. The lowest BCUT2D eigenvalue weighted by atomic mass is 9.79. The van der Waals surface area contributed by atoms with E-state index in [4.69, 9.17) is 0 Å². The molecule has 0 radical (unpaired) electrons. The van der Waals surface area contributed by atoms with E-state index in [1.54, 1.807) is 17.9 Å². The van der Waals surface area contributed by atoms with Crippen molar-refractivity contribution >= 4 is 5.91 Å². The summed E-state index contributed by atoms with van der Waals surface area (Å²) in [4.78, 5) is 12.4. The highest BCUT2D eigenvalue weighted by Gasteiger charge is 2.28. The minimum atomic E-state index is -0.403. The molecule has 1 aromatic rings. The van der Waals surface area contributed by atoms with Crippen molar-refractivity contribution in [2.24, 2.45) is 12.5 Å². The standard InChI is InChI=1S/C15H28N4O2/c1-5-15(6-2,7-8-20)11-17-14(21)13(16-3)12-9-18-19(4)10-12/h9-10,13,16,20H,5-8,11H2,1-4H3,(H,17,21). The number of nitrogens with zero attached hydrogens (tertiary/aromatic N) is 2. The van der Waals surface area contributed by atoms with Crippen molar-refractivity contribution in [3.8, 4) is 0 Å². The van der Waals surface area contributed by atoms with Gasteiger partial charge in [0.1, 0.15) is 6.04 Å². The smallest absolute Gasteiger partial charge is 0.241 e. The second kappa shape index (κ2) is 8.14. The van der Waals surface area contributed by atoms with Gasteiger partial charge in [-0.2, -0.15) is 5.10 Å². The quantitative estimate of drug-likeness (QED) is 0.635. The minimum Gasteiger partial charge on any atom is -0.396 e. The summed E-state index contributed by atoms with van der Waals surface area (Å²) in [6.45, 7) is 4.93. The predicted octanol–water partition coefficient (Wildman–Crippen LogP) is 0.986. The maximum Gasteiger partial charge on any atom is 0.241 e. The lowest BCUT2D eigenvalue weighted by Crippen LogP contribution is -2.42. The summed E-state index contributed by atoms with van der Waals surface area (Å²) < 4.78 is 1.68. The summed E-state index contributed by atoms with van der Waals surface area (Å²) in [7, 11) is 3.59. The Labute approximate surface area is 126 Å². The molecule has 21 heavy (non-hydrogen) atoms. The maximum atomic E-state index is 12.4. The van der Waals surface area contributed by atoms with Crippen LogP contribution in [0.5, 0.6) is 0 Å². The second-order valence-corrected chi connectivity index (χ2v) is 5.57. The van der Waals surface area contributed by atoms with E-state index in [0.717, 1.165) is 18.4 Å². The van der Waals surface area contributed by atoms with Crippen molar-refractivity contribution in [1.82, 2.24) is 20.4 Å². The number of nitrogens with one attached hydrogen (secondary N) is 2. The van der Waals surface area contributed by atoms with Crippen LogP contribution in [0, 0.1) is 5.41 Å². The topological polar surface area (TPSA) is 79.2 Å². The van der Waals surface area contributed by atoms with Crippen LogP contribution < -0.4 is 10.6 Å². The van der Waals surface area contributed by atoms with Crippen molar-refractivity contribution in [2.45, 2.75) is 39.2 Å². The zero-order valence-corrected chi connectivity index (χ0v) is 13.5. The van der Waals surface area contributed by atoms with Gasteiger partial charge in [0, 0.05) is 32.0 Å². The SMILES string of the molecule is CCC(CC)(CCO)CNC(=O)C(NC)c1cnn(C)c1. The average Bonchev–Trinajstić information content (AvgIpc) is 2.90. The molecule has 0 fully saturated rings. The summed E-state index contributed by atoms with van der Waals surface area (Å²) >= 11 is 0. The largest absolute Gasteiger partial charge is 0.396 e. The lowest BCUT2D eigenvalue weighted by molar-refractivity contribution is -0.123. The zero-order chi connectivity index (χ0) is 15.9. The third-order valence-electron chi connectivity index (χ3n) is 4.39. The van der Waals surface area contributed by atoms with Crippen LogP contribution in [0.4, 0.5) is 0 Å². The molecule has 0 spiro atoms. The normalized spacial score (nSPS) is 13.2. The number of rotatable bonds is 9. The molecular weight excluding hydrogens is 268 g/mol. The monoisotopic (exact) mass is 296 g/mol. The Morgan fingerprint density at radius 1 is 1.48 bits per heavy atom. The summed E-state index contributed by atoms with van der Waals surface area (Å²) in [5.41, 5.74) is 0.815. The van der Waals surface area contributed by atoms with Crippen LogP contribution in [0.3, 0.4) is 0 Å². The van der Waals surface area contributed by atoms with E-state index in [1.807, 2.05) is 13.2 Å². The Morgan fingerprint density at radius 2 is 2.14 bits per heavy atom. The van der Waals surface area contributed by atoms with Crippen LogP contribution in [0.2, 0.25) is 0 Å². The summed E-state index contributed by atoms with van der Waals surface area (Å²) in [6.07, 6.45) is 6.10. The van der Waals surface area contributed by atoms with E-state index in [-0.39, 0.29) is 17.9 Å². The van der Waals surface area contributed by atoms with Crippen molar-refractivity contribution in [3.63, 3.8) is 0 Å². The predicted molar refractivity (Wildman–Crippen MR) is 82.7 cm³/mol. The second-order valence-electron chi connectivity index (χ2n) is 5.57. The van der Waals surface area contributed by atoms with Crippen LogP contribution >= 0.6 is 0 Å². The fourth-order valence-corrected chi connectivity index (χ4v) is 2.59. The van der Waals surface area contributed by atoms with Gasteiger partial charge in [-0.3, -0.25) is 9.48 Å². The number of aliphatic hydroxyl groups is 1. The molecule has 1 heterocycles. The summed E-state index contributed by atoms with van der Waals surface area (Å²) in [5.74, 6) is -0.0604. The molecular formula is C15H28N4O2. The molecule has 1 aromatic heterocycles. The lowest BCUT2D eigenvalue weighted by Gasteiger charge is -2.32. The molecule has 1 rings (SSSR count). The third-order valence-corrected chi connectivity index (χ3v) is 4.39. The number of aliphatic hydroxyl groups excluding tert-OH is 1. The first-order valence-electron chi connectivity index (χ1n) is 7.56. The van der Waals surface area contributed by atoms with Gasteiger partial charge in [0.15, 0.2) is 0 Å². The molecule has 6 nitrogen and oxygen atoms in total. The summed E-state index contributed by atoms with van der Waals surface area (Å²) in [5, 5.41) is 19.4. The van der Waals surface area contributed by atoms with Gasteiger partial charge in [-0.15, -0.1) is 0 Å². The Morgan fingerprint density at radius 3 is 2.57 bits per heavy atom. The molecule has 0 aliphatic heterocycles. The molecule has 0 bridgehead atoms. The Bertz CT molecular complexity index is 441. The van der Waals surface area contributed by atoms with Gasteiger partial charge in [-0.1, -0.05) is 13.8 Å². The first-order chi connectivity index (χ1) is 10.0. The number of likely N-dealkylation sites (N-methyl/N-ethyl adjacent to an activating group) is 1. The Hall–Kier alpha value is -1.40. The van der Waals surface area contributed by atoms with Crippen LogP contribution in [-0.2, 0) is 11.8 Å². The van der Waals surface area contributed by atoms with Crippen LogP contribution in [0.15, 0.2) is 12.4 Å². The van der Waals surface area contributed by atoms with E-state index in [1.165, 1.54) is 0 Å². The van der Waals surface area contributed by atoms with Gasteiger partial charge in [-0.25, -0.2) is 0 Å². The first kappa shape index (κ1) is 17.7. The number of aryl methyl sites for hydroxylation is 1. The van der Waals surface area contributed by atoms with Gasteiger partial charge in [-0.05, 0) is 31.7 Å². The molecule has 0 saturated carbocycles. The van der Waals surface area contributed by atoms with E-state index in [2.05, 4.69) is 29.6 Å².